The summed E-state index contributed by atoms with van der Waals surface area (Å²) in [4.78, 5) is 10.0. The second-order valence-corrected chi connectivity index (χ2v) is 2.82. The van der Waals surface area contributed by atoms with E-state index < -0.39 is 5.97 Å². The highest BCUT2D eigenvalue weighted by Crippen LogP contribution is 2.02. The molecule has 0 rings (SSSR count). The minimum absolute atomic E-state index is 0.287. The second kappa shape index (κ2) is 6.89. The van der Waals surface area contributed by atoms with Crippen molar-refractivity contribution in [1.29, 1.82) is 0 Å². The van der Waals surface area contributed by atoms with E-state index in [0.717, 1.165) is 25.0 Å². The van der Waals surface area contributed by atoms with Crippen molar-refractivity contribution in [3.05, 3.63) is 0 Å². The van der Waals surface area contributed by atoms with E-state index in [1.54, 1.807) is 0 Å². The van der Waals surface area contributed by atoms with Crippen molar-refractivity contribution in [2.45, 2.75) is 25.7 Å². The van der Waals surface area contributed by atoms with E-state index in [-0.39, 0.29) is 6.42 Å². The molecule has 0 aromatic rings. The third kappa shape index (κ3) is 7.78. The van der Waals surface area contributed by atoms with Gasteiger partial charge in [-0.05, 0) is 12.8 Å². The first-order valence-corrected chi connectivity index (χ1v) is 4.35. The van der Waals surface area contributed by atoms with E-state index in [1.807, 2.05) is 0 Å². The van der Waals surface area contributed by atoms with Crippen LogP contribution in [-0.2, 0) is 4.79 Å². The van der Waals surface area contributed by atoms with Gasteiger partial charge < -0.3 is 5.11 Å². The largest absolute Gasteiger partial charge is 0.481 e. The number of carbonyl (C=O) groups is 1. The van der Waals surface area contributed by atoms with Gasteiger partial charge in [-0.3, -0.25) is 9.93 Å². The van der Waals surface area contributed by atoms with Gasteiger partial charge >= 0.3 is 5.97 Å². The zero-order valence-corrected chi connectivity index (χ0v) is 6.69. The quantitative estimate of drug-likeness (QED) is 0.457. The Balaban J connectivity index is 2.84. The lowest BCUT2D eigenvalue weighted by Gasteiger charge is -1.94. The van der Waals surface area contributed by atoms with Crippen LogP contribution >= 0.6 is 11.9 Å². The summed E-state index contributed by atoms with van der Waals surface area (Å²) in [5.41, 5.74) is 0. The Morgan fingerprint density at radius 2 is 2.10 bits per heavy atom. The highest BCUT2D eigenvalue weighted by molar-refractivity contribution is 7.97. The van der Waals surface area contributed by atoms with E-state index in [9.17, 15) is 4.79 Å². The number of aliphatic carboxylic acids is 1. The van der Waals surface area contributed by atoms with Gasteiger partial charge in [0.05, 0.1) is 0 Å². The molecule has 4 heteroatoms. The maximum Gasteiger partial charge on any atom is 0.303 e. The summed E-state index contributed by atoms with van der Waals surface area (Å²) in [5.74, 6) is 0.222. The van der Waals surface area contributed by atoms with Gasteiger partial charge in [-0.1, -0.05) is 18.4 Å². The molecule has 0 aliphatic heterocycles. The maximum absolute atomic E-state index is 10.0. The molecule has 3 N–H and O–H groups in total. The minimum atomic E-state index is -0.708. The Morgan fingerprint density at radius 1 is 1.40 bits per heavy atom. The summed E-state index contributed by atoms with van der Waals surface area (Å²) >= 11 is 1.31. The van der Waals surface area contributed by atoms with Crippen LogP contribution in [0.3, 0.4) is 0 Å². The Kier molecular flexibility index (Phi) is 6.74. The van der Waals surface area contributed by atoms with Crippen molar-refractivity contribution in [3.8, 4) is 0 Å². The molecule has 0 saturated carbocycles. The number of hydrogen-bond donors (Lipinski definition) is 2. The molecule has 0 spiro atoms. The highest BCUT2D eigenvalue weighted by atomic mass is 32.2. The third-order valence-electron chi connectivity index (χ3n) is 1.15. The molecule has 0 aromatic heterocycles. The lowest BCUT2D eigenvalue weighted by Crippen LogP contribution is -1.94. The average molecular weight is 163 g/mol. The van der Waals surface area contributed by atoms with Crippen LogP contribution in [0.1, 0.15) is 25.7 Å². The van der Waals surface area contributed by atoms with Crippen LogP contribution in [0.15, 0.2) is 0 Å². The van der Waals surface area contributed by atoms with Gasteiger partial charge in [0.2, 0.25) is 0 Å². The van der Waals surface area contributed by atoms with Gasteiger partial charge in [0.15, 0.2) is 0 Å². The van der Waals surface area contributed by atoms with E-state index in [2.05, 4.69) is 0 Å². The molecule has 0 fully saturated rings. The van der Waals surface area contributed by atoms with Crippen LogP contribution in [0.5, 0.6) is 0 Å². The molecule has 0 radical (unpaired) electrons. The fraction of sp³-hybridized carbons (Fsp3) is 0.833. The predicted molar refractivity (Wildman–Crippen MR) is 42.7 cm³/mol. The molecule has 0 amide bonds. The molecule has 60 valence electrons. The molecule has 0 aliphatic rings. The molecule has 0 bridgehead atoms. The fourth-order valence-corrected chi connectivity index (χ4v) is 1.01. The molecular formula is C6H13NO2S. The van der Waals surface area contributed by atoms with E-state index in [0.29, 0.717) is 0 Å². The first-order valence-electron chi connectivity index (χ1n) is 3.31. The molecule has 0 saturated heterocycles. The van der Waals surface area contributed by atoms with Crippen LogP contribution in [0.2, 0.25) is 0 Å². The lowest BCUT2D eigenvalue weighted by atomic mass is 10.2. The second-order valence-electron chi connectivity index (χ2n) is 2.08. The Bertz CT molecular complexity index is 97.7. The summed E-state index contributed by atoms with van der Waals surface area (Å²) in [6.07, 6.45) is 3.05. The maximum atomic E-state index is 10.0. The molecule has 0 unspecified atom stereocenters. The van der Waals surface area contributed by atoms with Crippen molar-refractivity contribution in [2.24, 2.45) is 5.14 Å². The number of rotatable bonds is 6. The zero-order chi connectivity index (χ0) is 7.82. The molecule has 0 atom stereocenters. The fourth-order valence-electron chi connectivity index (χ4n) is 0.638. The number of carboxylic acid groups (broad SMARTS) is 1. The monoisotopic (exact) mass is 163 g/mol. The standard InChI is InChI=1S/C6H13NO2S/c7-10-5-3-1-2-4-6(8)9/h1-5,7H2,(H,8,9). The first-order chi connectivity index (χ1) is 4.77. The minimum Gasteiger partial charge on any atom is -0.481 e. The Hall–Kier alpha value is -0.220. The van der Waals surface area contributed by atoms with Crippen molar-refractivity contribution < 1.29 is 9.90 Å². The average Bonchev–Trinajstić information content (AvgIpc) is 1.87. The molecule has 10 heavy (non-hydrogen) atoms. The summed E-state index contributed by atoms with van der Waals surface area (Å²) in [6, 6.07) is 0. The predicted octanol–water partition coefficient (Wildman–Crippen LogP) is 1.24. The van der Waals surface area contributed by atoms with Gasteiger partial charge in [0.1, 0.15) is 0 Å². The summed E-state index contributed by atoms with van der Waals surface area (Å²) < 4.78 is 0. The zero-order valence-electron chi connectivity index (χ0n) is 5.88. The van der Waals surface area contributed by atoms with Crippen LogP contribution < -0.4 is 5.14 Å². The topological polar surface area (TPSA) is 63.3 Å². The number of hydrogen-bond acceptors (Lipinski definition) is 3. The highest BCUT2D eigenvalue weighted by Gasteiger charge is 1.94. The normalized spacial score (nSPS) is 9.70. The van der Waals surface area contributed by atoms with Crippen LogP contribution in [0.4, 0.5) is 0 Å². The van der Waals surface area contributed by atoms with Gasteiger partial charge in [-0.15, -0.1) is 0 Å². The molecule has 0 heterocycles. The summed E-state index contributed by atoms with van der Waals surface area (Å²) in [7, 11) is 0. The molecular weight excluding hydrogens is 150 g/mol. The Morgan fingerprint density at radius 3 is 2.60 bits per heavy atom. The van der Waals surface area contributed by atoms with Crippen molar-refractivity contribution in [3.63, 3.8) is 0 Å². The first kappa shape index (κ1) is 9.78. The smallest absolute Gasteiger partial charge is 0.303 e. The van der Waals surface area contributed by atoms with Crippen LogP contribution in [-0.4, -0.2) is 16.8 Å². The van der Waals surface area contributed by atoms with Crippen molar-refractivity contribution >= 4 is 17.9 Å². The van der Waals surface area contributed by atoms with E-state index in [1.165, 1.54) is 11.9 Å². The number of nitrogens with two attached hydrogens (primary N) is 1. The van der Waals surface area contributed by atoms with Crippen LogP contribution in [0, 0.1) is 0 Å². The van der Waals surface area contributed by atoms with Crippen molar-refractivity contribution in [2.75, 3.05) is 5.75 Å². The molecule has 0 aliphatic carbocycles. The third-order valence-corrected chi connectivity index (χ3v) is 1.68. The van der Waals surface area contributed by atoms with Gasteiger partial charge in [-0.25, -0.2) is 0 Å². The van der Waals surface area contributed by atoms with E-state index in [4.69, 9.17) is 10.2 Å². The lowest BCUT2D eigenvalue weighted by molar-refractivity contribution is -0.137. The number of unbranched alkanes of at least 4 members (excludes halogenated alkanes) is 2. The van der Waals surface area contributed by atoms with Crippen LogP contribution in [0.25, 0.3) is 0 Å². The van der Waals surface area contributed by atoms with Gasteiger partial charge in [0.25, 0.3) is 0 Å². The van der Waals surface area contributed by atoms with Gasteiger partial charge in [0, 0.05) is 12.2 Å². The summed E-state index contributed by atoms with van der Waals surface area (Å²) in [6.45, 7) is 0. The number of carboxylic acids is 1. The SMILES string of the molecule is NSCCCCCC(=O)O. The van der Waals surface area contributed by atoms with Crippen molar-refractivity contribution in [1.82, 2.24) is 0 Å². The Labute approximate surface area is 65.1 Å². The van der Waals surface area contributed by atoms with Gasteiger partial charge in [-0.2, -0.15) is 0 Å². The molecule has 3 nitrogen and oxygen atoms in total. The van der Waals surface area contributed by atoms with E-state index >= 15 is 0 Å². The molecule has 0 aromatic carbocycles. The summed E-state index contributed by atoms with van der Waals surface area (Å²) in [5, 5.41) is 13.4.